The summed E-state index contributed by atoms with van der Waals surface area (Å²) in [6, 6.07) is 5.76. The average Bonchev–Trinajstić information content (AvgIpc) is 2.20. The van der Waals surface area contributed by atoms with Crippen LogP contribution in [0.3, 0.4) is 0 Å². The van der Waals surface area contributed by atoms with Gasteiger partial charge in [0.05, 0.1) is 5.69 Å². The Labute approximate surface area is 77.2 Å². The minimum Gasteiger partial charge on any atom is -0.506 e. The molecule has 0 radical (unpaired) electrons. The third kappa shape index (κ3) is 0.842. The standard InChI is InChI=1S/C10H12N2O/c13-9-3-1-2-8-10(9)12-6-4-11(8)5-7-12/h1-3,13H,4-7H2. The van der Waals surface area contributed by atoms with Crippen LogP contribution in [0.4, 0.5) is 11.4 Å². The molecule has 3 aliphatic rings. The van der Waals surface area contributed by atoms with E-state index in [4.69, 9.17) is 0 Å². The van der Waals surface area contributed by atoms with Gasteiger partial charge in [0.25, 0.3) is 0 Å². The maximum absolute atomic E-state index is 9.71. The van der Waals surface area contributed by atoms with E-state index >= 15 is 0 Å². The largest absolute Gasteiger partial charge is 0.506 e. The van der Waals surface area contributed by atoms with Gasteiger partial charge in [-0.25, -0.2) is 0 Å². The summed E-state index contributed by atoms with van der Waals surface area (Å²) in [7, 11) is 0. The molecule has 0 atom stereocenters. The Morgan fingerprint density at radius 2 is 1.69 bits per heavy atom. The van der Waals surface area contributed by atoms with Crippen LogP contribution in [0.25, 0.3) is 0 Å². The highest BCUT2D eigenvalue weighted by Gasteiger charge is 2.29. The first-order valence-corrected chi connectivity index (χ1v) is 4.68. The maximum atomic E-state index is 9.71. The first-order valence-electron chi connectivity index (χ1n) is 4.68. The van der Waals surface area contributed by atoms with Crippen molar-refractivity contribution in [2.24, 2.45) is 0 Å². The van der Waals surface area contributed by atoms with Gasteiger partial charge in [0, 0.05) is 26.2 Å². The summed E-state index contributed by atoms with van der Waals surface area (Å²) in [4.78, 5) is 4.61. The van der Waals surface area contributed by atoms with Gasteiger partial charge >= 0.3 is 0 Å². The predicted molar refractivity (Wildman–Crippen MR) is 52.5 cm³/mol. The molecule has 0 aliphatic carbocycles. The van der Waals surface area contributed by atoms with Gasteiger partial charge in [0.2, 0.25) is 0 Å². The Morgan fingerprint density at radius 1 is 1.00 bits per heavy atom. The molecule has 0 saturated carbocycles. The topological polar surface area (TPSA) is 26.7 Å². The number of phenols is 1. The van der Waals surface area contributed by atoms with Gasteiger partial charge in [0.1, 0.15) is 11.4 Å². The van der Waals surface area contributed by atoms with Gasteiger partial charge in [-0.15, -0.1) is 0 Å². The molecule has 1 N–H and O–H groups in total. The number of anilines is 2. The van der Waals surface area contributed by atoms with Crippen molar-refractivity contribution in [1.82, 2.24) is 0 Å². The number of hydrogen-bond donors (Lipinski definition) is 1. The molecule has 13 heavy (non-hydrogen) atoms. The molecule has 0 spiro atoms. The van der Waals surface area contributed by atoms with E-state index < -0.39 is 0 Å². The lowest BCUT2D eigenvalue weighted by Gasteiger charge is -2.45. The first kappa shape index (κ1) is 7.06. The number of nitrogens with zero attached hydrogens (tertiary/aromatic N) is 2. The van der Waals surface area contributed by atoms with E-state index in [1.807, 2.05) is 6.07 Å². The molecule has 0 amide bonds. The van der Waals surface area contributed by atoms with Crippen molar-refractivity contribution in [1.29, 1.82) is 0 Å². The lowest BCUT2D eigenvalue weighted by molar-refractivity contribution is 0.468. The van der Waals surface area contributed by atoms with Crippen molar-refractivity contribution in [3.63, 3.8) is 0 Å². The Hall–Kier alpha value is -1.38. The molecule has 1 aromatic carbocycles. The van der Waals surface area contributed by atoms with Crippen LogP contribution in [0.1, 0.15) is 0 Å². The summed E-state index contributed by atoms with van der Waals surface area (Å²) in [5.74, 6) is 0.418. The van der Waals surface area contributed by atoms with Crippen LogP contribution < -0.4 is 9.80 Å². The fourth-order valence-corrected chi connectivity index (χ4v) is 2.27. The molecule has 1 fully saturated rings. The van der Waals surface area contributed by atoms with Crippen LogP contribution in [0.5, 0.6) is 5.75 Å². The van der Waals surface area contributed by atoms with Crippen LogP contribution in [-0.2, 0) is 0 Å². The summed E-state index contributed by atoms with van der Waals surface area (Å²) in [6.07, 6.45) is 0. The molecule has 3 heteroatoms. The lowest BCUT2D eigenvalue weighted by Crippen LogP contribution is -2.51. The van der Waals surface area contributed by atoms with Crippen LogP contribution in [0.2, 0.25) is 0 Å². The first-order chi connectivity index (χ1) is 6.36. The highest BCUT2D eigenvalue weighted by atomic mass is 16.3. The second-order valence-corrected chi connectivity index (χ2v) is 3.62. The van der Waals surface area contributed by atoms with E-state index in [0.717, 1.165) is 31.9 Å². The number of phenolic OH excluding ortho intramolecular Hbond substituents is 1. The van der Waals surface area contributed by atoms with Crippen molar-refractivity contribution < 1.29 is 5.11 Å². The van der Waals surface area contributed by atoms with Crippen molar-refractivity contribution >= 4 is 11.4 Å². The van der Waals surface area contributed by atoms with Crippen LogP contribution in [0, 0.1) is 0 Å². The van der Waals surface area contributed by atoms with E-state index in [1.165, 1.54) is 5.69 Å². The molecule has 2 bridgehead atoms. The SMILES string of the molecule is Oc1cccc2c1N1CCN2CC1. The second-order valence-electron chi connectivity index (χ2n) is 3.62. The summed E-state index contributed by atoms with van der Waals surface area (Å²) in [5.41, 5.74) is 2.22. The van der Waals surface area contributed by atoms with E-state index in [0.29, 0.717) is 5.75 Å². The normalized spacial score (nSPS) is 19.1. The van der Waals surface area contributed by atoms with Crippen molar-refractivity contribution in [3.05, 3.63) is 18.2 Å². The lowest BCUT2D eigenvalue weighted by atomic mass is 10.1. The third-order valence-electron chi connectivity index (χ3n) is 2.93. The number of hydrogen-bond acceptors (Lipinski definition) is 3. The Bertz CT molecular complexity index is 343. The molecule has 0 aromatic heterocycles. The number of piperazine rings is 1. The van der Waals surface area contributed by atoms with Crippen LogP contribution in [0.15, 0.2) is 18.2 Å². The van der Waals surface area contributed by atoms with Crippen LogP contribution in [-0.4, -0.2) is 31.3 Å². The number of rotatable bonds is 0. The molecule has 3 aliphatic heterocycles. The van der Waals surface area contributed by atoms with E-state index in [9.17, 15) is 5.11 Å². The van der Waals surface area contributed by atoms with Crippen LogP contribution >= 0.6 is 0 Å². The minimum atomic E-state index is 0.418. The molecule has 4 rings (SSSR count). The maximum Gasteiger partial charge on any atom is 0.141 e. The summed E-state index contributed by atoms with van der Waals surface area (Å²) in [6.45, 7) is 4.28. The molecule has 1 saturated heterocycles. The molecular weight excluding hydrogens is 164 g/mol. The number of para-hydroxylation sites is 1. The van der Waals surface area contributed by atoms with Crippen molar-refractivity contribution in [2.75, 3.05) is 36.0 Å². The summed E-state index contributed by atoms with van der Waals surface area (Å²) < 4.78 is 0. The van der Waals surface area contributed by atoms with Crippen molar-refractivity contribution in [3.8, 4) is 5.75 Å². The molecule has 3 heterocycles. The Morgan fingerprint density at radius 3 is 2.38 bits per heavy atom. The number of benzene rings is 1. The van der Waals surface area contributed by atoms with Gasteiger partial charge in [-0.1, -0.05) is 6.07 Å². The number of aromatic hydroxyl groups is 1. The van der Waals surface area contributed by atoms with E-state index in [1.54, 1.807) is 6.07 Å². The fourth-order valence-electron chi connectivity index (χ4n) is 2.27. The number of fused-ring (bicyclic) bond motifs is 2. The summed E-state index contributed by atoms with van der Waals surface area (Å²) in [5, 5.41) is 9.71. The average molecular weight is 176 g/mol. The fraction of sp³-hybridized carbons (Fsp3) is 0.400. The molecule has 68 valence electrons. The summed E-state index contributed by atoms with van der Waals surface area (Å²) >= 11 is 0. The van der Waals surface area contributed by atoms with Gasteiger partial charge in [-0.2, -0.15) is 0 Å². The minimum absolute atomic E-state index is 0.418. The predicted octanol–water partition coefficient (Wildman–Crippen LogP) is 1.03. The zero-order valence-corrected chi connectivity index (χ0v) is 7.40. The van der Waals surface area contributed by atoms with Gasteiger partial charge in [0.15, 0.2) is 0 Å². The van der Waals surface area contributed by atoms with E-state index in [2.05, 4.69) is 15.9 Å². The Kier molecular flexibility index (Phi) is 1.26. The monoisotopic (exact) mass is 176 g/mol. The molecular formula is C10H12N2O. The highest BCUT2D eigenvalue weighted by Crippen LogP contribution is 2.42. The zero-order chi connectivity index (χ0) is 8.84. The molecule has 0 unspecified atom stereocenters. The quantitative estimate of drug-likeness (QED) is 0.639. The Balaban J connectivity index is 2.23. The van der Waals surface area contributed by atoms with Crippen molar-refractivity contribution in [2.45, 2.75) is 0 Å². The zero-order valence-electron chi connectivity index (χ0n) is 7.40. The highest BCUT2D eigenvalue weighted by molar-refractivity contribution is 5.80. The third-order valence-corrected chi connectivity index (χ3v) is 2.93. The van der Waals surface area contributed by atoms with Gasteiger partial charge < -0.3 is 14.9 Å². The molecule has 1 aromatic rings. The van der Waals surface area contributed by atoms with Gasteiger partial charge in [-0.05, 0) is 12.1 Å². The van der Waals surface area contributed by atoms with Gasteiger partial charge in [-0.3, -0.25) is 0 Å². The smallest absolute Gasteiger partial charge is 0.141 e. The second kappa shape index (κ2) is 2.31. The molecule has 3 nitrogen and oxygen atoms in total. The van der Waals surface area contributed by atoms with E-state index in [-0.39, 0.29) is 0 Å².